The Morgan fingerprint density at radius 2 is 0.799 bits per heavy atom. The number of ether oxygens (including phenoxy) is 3. The quantitative estimate of drug-likeness (QED) is 0.0195. The summed E-state index contributed by atoms with van der Waals surface area (Å²) in [6, 6.07) is 33.2. The fourth-order valence-electron chi connectivity index (χ4n) is 16.2. The van der Waals surface area contributed by atoms with E-state index < -0.39 is 66.3 Å². The number of carbonyl (C=O) groups excluding carboxylic acids is 11. The number of aromatic nitrogens is 1. The monoisotopic (exact) mass is 2000 g/mol. The van der Waals surface area contributed by atoms with E-state index in [4.69, 9.17) is 14.2 Å². The number of nitrogens with zero attached hydrogens (tertiary/aromatic N) is 9. The van der Waals surface area contributed by atoms with E-state index in [1.54, 1.807) is 135 Å². The predicted molar refractivity (Wildman–Crippen MR) is 527 cm³/mol. The van der Waals surface area contributed by atoms with Crippen LogP contribution in [0.1, 0.15) is 122 Å². The maximum absolute atomic E-state index is 13.0. The summed E-state index contributed by atoms with van der Waals surface area (Å²) in [5.74, 6) is -4.35. The molecule has 5 aromatic rings. The molecule has 1 aromatic heterocycles. The van der Waals surface area contributed by atoms with Crippen LogP contribution in [0, 0.1) is 35.5 Å². The first-order valence-corrected chi connectivity index (χ1v) is 48.4. The number of pyridine rings is 1. The molecule has 4 saturated heterocycles. The molecule has 144 heavy (non-hydrogen) atoms. The molecule has 46 nitrogen and oxygen atoms in total. The van der Waals surface area contributed by atoms with Crippen LogP contribution >= 0.6 is 0 Å². The molecule has 9 heterocycles. The summed E-state index contributed by atoms with van der Waals surface area (Å²) in [7, 11) is 0. The molecule has 13 rings (SSSR count). The average Bonchev–Trinajstić information content (AvgIpc) is 1.76. The molecule has 4 aromatic carbocycles. The van der Waals surface area contributed by atoms with E-state index in [0.717, 1.165) is 98.5 Å². The third-order valence-electron chi connectivity index (χ3n) is 24.5. The normalized spacial score (nSPS) is 16.9. The van der Waals surface area contributed by atoms with Crippen molar-refractivity contribution in [2.24, 2.45) is 55.5 Å². The van der Waals surface area contributed by atoms with Gasteiger partial charge in [-0.15, -0.1) is 0 Å². The molecule has 46 heteroatoms. The third kappa shape index (κ3) is 38.7. The van der Waals surface area contributed by atoms with E-state index in [-0.39, 0.29) is 129 Å². The van der Waals surface area contributed by atoms with Gasteiger partial charge in [0.25, 0.3) is 5.91 Å². The SMILES string of the molecule is CC(CNC1=NCCN1)C(=O)N1CCC(C(=O)N[C@@H](CC(=O)O)c2cccnc2)CC1.CC(CNC1=NCCN1)CC(=O)N1CCC(C(=O)NC[C@H](NC(=O)OCc2ccccc2)C(=O)O)CC1.O=C(N[C@@H](CNC(=O)C1CCN(C(=O)/C=C/CNC2=NCCN2)CC1)C(=O)O)OCc1ccccc1.O=C(N[C@@H](CNC(=O)C1CCN(C(=O)c2ccc(CNC3=NCCN3)cc2)CC1)C(=O)O)OCc1ccccc1. The van der Waals surface area contributed by atoms with Gasteiger partial charge in [-0.2, -0.15) is 0 Å². The molecule has 0 radical (unpaired) electrons. The van der Waals surface area contributed by atoms with Crippen LogP contribution < -0.4 is 79.8 Å². The van der Waals surface area contributed by atoms with E-state index in [1.165, 1.54) is 6.08 Å². The number of rotatable bonds is 39. The summed E-state index contributed by atoms with van der Waals surface area (Å²) in [5.41, 5.74) is 4.57. The lowest BCUT2D eigenvalue weighted by Gasteiger charge is -2.33. The van der Waals surface area contributed by atoms with Gasteiger partial charge in [0.2, 0.25) is 41.4 Å². The summed E-state index contributed by atoms with van der Waals surface area (Å²) >= 11 is 0. The average molecular weight is 2000 g/mol. The van der Waals surface area contributed by atoms with E-state index >= 15 is 0 Å². The topological polar surface area (TPSA) is 620 Å². The summed E-state index contributed by atoms with van der Waals surface area (Å²) in [4.78, 5) is 211. The summed E-state index contributed by atoms with van der Waals surface area (Å²) in [6.07, 6.45) is 7.89. The number of benzene rings is 4. The summed E-state index contributed by atoms with van der Waals surface area (Å²) in [6.45, 7) is 15.2. The first kappa shape index (κ1) is 110. The number of nitrogens with one attached hydrogen (secondary N) is 15. The number of likely N-dealkylation sites (tertiary alicyclic amines) is 4. The Morgan fingerprint density at radius 1 is 0.410 bits per heavy atom. The molecule has 19 N–H and O–H groups in total. The third-order valence-corrected chi connectivity index (χ3v) is 24.5. The lowest BCUT2D eigenvalue weighted by atomic mass is 9.94. The zero-order valence-electron chi connectivity index (χ0n) is 80.8. The van der Waals surface area contributed by atoms with Crippen molar-refractivity contribution in [2.45, 2.75) is 129 Å². The maximum Gasteiger partial charge on any atom is 0.408 e. The number of carboxylic acids is 4. The van der Waals surface area contributed by atoms with Crippen molar-refractivity contribution in [1.82, 2.24) is 104 Å². The molecular weight excluding hydrogens is 1870 g/mol. The number of piperidine rings is 4. The Bertz CT molecular complexity index is 5230. The van der Waals surface area contributed by atoms with Crippen molar-refractivity contribution >= 4 is 113 Å². The lowest BCUT2D eigenvalue weighted by Crippen LogP contribution is -2.50. The Balaban J connectivity index is 0.000000198. The van der Waals surface area contributed by atoms with Crippen LogP contribution in [0.3, 0.4) is 0 Å². The molecule has 8 aliphatic heterocycles. The molecule has 0 bridgehead atoms. The number of aliphatic imine (C=N–C) groups is 4. The molecular formula is C98H132N24O22. The lowest BCUT2D eigenvalue weighted by molar-refractivity contribution is -0.140. The predicted octanol–water partition coefficient (Wildman–Crippen LogP) is 1.34. The number of carboxylic acid groups (broad SMARTS) is 4. The van der Waals surface area contributed by atoms with Crippen LogP contribution in [0.5, 0.6) is 0 Å². The zero-order chi connectivity index (χ0) is 103. The molecule has 776 valence electrons. The van der Waals surface area contributed by atoms with Gasteiger partial charge < -0.3 is 134 Å². The van der Waals surface area contributed by atoms with Crippen molar-refractivity contribution in [3.8, 4) is 0 Å². The van der Waals surface area contributed by atoms with Crippen LogP contribution in [0.25, 0.3) is 0 Å². The Hall–Kier alpha value is -15.7. The van der Waals surface area contributed by atoms with Crippen molar-refractivity contribution in [2.75, 3.05) is 144 Å². The largest absolute Gasteiger partial charge is 0.481 e. The van der Waals surface area contributed by atoms with Crippen molar-refractivity contribution in [1.29, 1.82) is 0 Å². The molecule has 0 aliphatic carbocycles. The van der Waals surface area contributed by atoms with Gasteiger partial charge in [0, 0.05) is 178 Å². The first-order valence-electron chi connectivity index (χ1n) is 48.4. The van der Waals surface area contributed by atoms with E-state index in [9.17, 15) is 92.3 Å². The van der Waals surface area contributed by atoms with Crippen molar-refractivity contribution < 1.29 is 107 Å². The molecule has 2 unspecified atom stereocenters. The molecule has 4 fully saturated rings. The Kier molecular flexibility index (Phi) is 45.3. The second-order valence-corrected chi connectivity index (χ2v) is 35.3. The number of hydrogen-bond acceptors (Lipinski definition) is 31. The Labute approximate surface area is 833 Å². The molecule has 11 amide bonds. The first-order chi connectivity index (χ1) is 69.6. The second kappa shape index (κ2) is 59.1. The highest BCUT2D eigenvalue weighted by atomic mass is 16.6. The summed E-state index contributed by atoms with van der Waals surface area (Å²) in [5, 5.41) is 80.1. The van der Waals surface area contributed by atoms with Gasteiger partial charge >= 0.3 is 42.2 Å². The van der Waals surface area contributed by atoms with Gasteiger partial charge in [-0.05, 0) is 103 Å². The molecule has 0 spiro atoms. The minimum atomic E-state index is -1.34. The zero-order valence-corrected chi connectivity index (χ0v) is 80.8. The fourth-order valence-corrected chi connectivity index (χ4v) is 16.2. The van der Waals surface area contributed by atoms with Crippen LogP contribution in [0.2, 0.25) is 0 Å². The molecule has 8 aliphatic rings. The van der Waals surface area contributed by atoms with Crippen LogP contribution in [-0.4, -0.2) is 320 Å². The number of alkyl carbamates (subject to hydrolysis) is 3. The number of amides is 11. The van der Waals surface area contributed by atoms with Crippen molar-refractivity contribution in [3.05, 3.63) is 185 Å². The number of guanidine groups is 4. The van der Waals surface area contributed by atoms with Gasteiger partial charge in [0.15, 0.2) is 23.8 Å². The smallest absolute Gasteiger partial charge is 0.408 e. The van der Waals surface area contributed by atoms with Crippen LogP contribution in [0.4, 0.5) is 14.4 Å². The van der Waals surface area contributed by atoms with Gasteiger partial charge in [-0.25, -0.2) is 28.8 Å². The van der Waals surface area contributed by atoms with E-state index in [0.29, 0.717) is 147 Å². The highest BCUT2D eigenvalue weighted by molar-refractivity contribution is 5.95. The fraction of sp³-hybridized carbons (Fsp3) is 0.490. The number of hydrogen-bond donors (Lipinski definition) is 19. The van der Waals surface area contributed by atoms with E-state index in [2.05, 4.69) is 105 Å². The minimum absolute atomic E-state index is 0.000860. The molecule has 6 atom stereocenters. The number of aliphatic carboxylic acids is 4. The van der Waals surface area contributed by atoms with Gasteiger partial charge in [-0.1, -0.05) is 129 Å². The number of carbonyl (C=O) groups is 15. The van der Waals surface area contributed by atoms with Gasteiger partial charge in [0.05, 0.1) is 44.6 Å². The van der Waals surface area contributed by atoms with Crippen LogP contribution in [-0.2, 0) is 93.3 Å². The minimum Gasteiger partial charge on any atom is -0.481 e. The standard InChI is InChI=1S/C28H34N6O6.C25H36N6O6.C24H32N6O6.C21H30N6O4/c35-24(31-17-23(26(37)38)33-28(39)40-18-20-4-2-1-3-5-20)21-10-14-34(15-11-21)25(36)22-8-6-19(7-9-22)16-32-27-29-12-13-30-27;1-17(14-29-24-26-9-10-27-24)13-21(32)31-11-7-19(8-12-31)22(33)28-15-20(23(34)35)30-25(36)37-16-18-5-3-2-4-6-18;31-20(7-4-10-25-23-26-11-12-27-23)30-13-8-18(9-14-30)21(32)28-15-19(22(33)34)29-24(35)36-16-17-5-2-1-3-6-17;1-14(12-25-21-23-7-8-24-21)20(31)27-9-4-15(5-10-27)19(30)26-17(11-18(28)29)16-3-2-6-22-13-16/h1-9,21,23H,10-18H2,(H,31,35)(H,33,39)(H,37,38)(H2,29,30,32);2-6,17,19-20H,7-16H2,1H3,(H,28,33)(H,30,36)(H,34,35)(H2,26,27,29);1-7,18-19H,8-16H2,(H,28,32)(H,29,35)(H,33,34)(H2,25,26,27);2-3,6,13-15,17H,4-5,7-12H2,1H3,(H,26,30)(H,28,29)(H2,23,24,25)/b;;7-4+;/t23-;17?,20-;19-;14?,17-/m0000/s1. The highest BCUT2D eigenvalue weighted by Crippen LogP contribution is 2.26. The maximum atomic E-state index is 13.0. The van der Waals surface area contributed by atoms with E-state index in [1.807, 2.05) is 44.2 Å². The van der Waals surface area contributed by atoms with Gasteiger partial charge in [-0.3, -0.25) is 68.1 Å². The Morgan fingerprint density at radius 3 is 1.19 bits per heavy atom. The highest BCUT2D eigenvalue weighted by Gasteiger charge is 2.36. The van der Waals surface area contributed by atoms with Crippen LogP contribution in [0.15, 0.2) is 172 Å². The molecule has 0 saturated carbocycles. The van der Waals surface area contributed by atoms with Gasteiger partial charge in [0.1, 0.15) is 37.9 Å². The second-order valence-electron chi connectivity index (χ2n) is 35.3. The summed E-state index contributed by atoms with van der Waals surface area (Å²) < 4.78 is 15.2. The van der Waals surface area contributed by atoms with Crippen molar-refractivity contribution in [3.63, 3.8) is 0 Å².